The van der Waals surface area contributed by atoms with Crippen LogP contribution in [0.4, 0.5) is 10.3 Å². The van der Waals surface area contributed by atoms with Crippen molar-refractivity contribution in [3.8, 4) is 5.69 Å². The maximum Gasteiger partial charge on any atom is 0.205 e. The summed E-state index contributed by atoms with van der Waals surface area (Å²) in [6, 6.07) is 18.6. The molecule has 1 aromatic heterocycles. The number of nitrogens with zero attached hydrogens (tertiary/aromatic N) is 2. The number of anilines is 1. The average molecular weight is 277 g/mol. The number of hydrogen-bond donors (Lipinski definition) is 1. The summed E-state index contributed by atoms with van der Waals surface area (Å²) in [5.74, 6) is 0.0512. The van der Waals surface area contributed by atoms with Crippen LogP contribution in [0.25, 0.3) is 27.5 Å². The first kappa shape index (κ1) is 11.9. The van der Waals surface area contributed by atoms with Crippen molar-refractivity contribution in [1.29, 1.82) is 0 Å². The fourth-order valence-electron chi connectivity index (χ4n) is 2.65. The van der Waals surface area contributed by atoms with Crippen LogP contribution >= 0.6 is 0 Å². The lowest BCUT2D eigenvalue weighted by Gasteiger charge is -2.08. The SMILES string of the molecule is Nc1nc2ccc(F)cc2n1-c1ccc2ccccc2c1. The molecule has 102 valence electrons. The van der Waals surface area contributed by atoms with Gasteiger partial charge in [-0.25, -0.2) is 9.37 Å². The van der Waals surface area contributed by atoms with E-state index in [0.717, 1.165) is 16.5 Å². The molecule has 0 radical (unpaired) electrons. The van der Waals surface area contributed by atoms with Crippen LogP contribution in [0.5, 0.6) is 0 Å². The average Bonchev–Trinajstić information content (AvgIpc) is 2.82. The molecule has 2 N–H and O–H groups in total. The molecule has 4 aromatic rings. The predicted octanol–water partition coefficient (Wildman–Crippen LogP) is 3.90. The van der Waals surface area contributed by atoms with Crippen molar-refractivity contribution < 1.29 is 4.39 Å². The van der Waals surface area contributed by atoms with Crippen LogP contribution in [0.3, 0.4) is 0 Å². The molecule has 21 heavy (non-hydrogen) atoms. The monoisotopic (exact) mass is 277 g/mol. The van der Waals surface area contributed by atoms with Crippen LogP contribution in [0.1, 0.15) is 0 Å². The Labute approximate surface area is 120 Å². The van der Waals surface area contributed by atoms with Crippen molar-refractivity contribution in [3.05, 3.63) is 66.5 Å². The molecular formula is C17H12FN3. The quantitative estimate of drug-likeness (QED) is 0.573. The molecule has 0 fully saturated rings. The van der Waals surface area contributed by atoms with Crippen molar-refractivity contribution in [2.45, 2.75) is 0 Å². The molecule has 0 saturated carbocycles. The van der Waals surface area contributed by atoms with Gasteiger partial charge in [-0.15, -0.1) is 0 Å². The Morgan fingerprint density at radius 3 is 2.57 bits per heavy atom. The van der Waals surface area contributed by atoms with Crippen LogP contribution in [-0.4, -0.2) is 9.55 Å². The van der Waals surface area contributed by atoms with Crippen molar-refractivity contribution in [2.75, 3.05) is 5.73 Å². The van der Waals surface area contributed by atoms with E-state index >= 15 is 0 Å². The summed E-state index contributed by atoms with van der Waals surface area (Å²) in [7, 11) is 0. The van der Waals surface area contributed by atoms with E-state index in [-0.39, 0.29) is 5.82 Å². The van der Waals surface area contributed by atoms with E-state index in [1.54, 1.807) is 10.6 Å². The lowest BCUT2D eigenvalue weighted by molar-refractivity contribution is 0.629. The molecule has 0 unspecified atom stereocenters. The van der Waals surface area contributed by atoms with E-state index in [1.165, 1.54) is 12.1 Å². The largest absolute Gasteiger partial charge is 0.369 e. The van der Waals surface area contributed by atoms with E-state index in [9.17, 15) is 4.39 Å². The van der Waals surface area contributed by atoms with Crippen LogP contribution in [0, 0.1) is 5.82 Å². The smallest absolute Gasteiger partial charge is 0.205 e. The minimum absolute atomic E-state index is 0.301. The predicted molar refractivity (Wildman–Crippen MR) is 82.9 cm³/mol. The molecule has 0 saturated heterocycles. The van der Waals surface area contributed by atoms with Gasteiger partial charge in [-0.05, 0) is 35.0 Å². The van der Waals surface area contributed by atoms with Gasteiger partial charge in [-0.3, -0.25) is 4.57 Å². The van der Waals surface area contributed by atoms with Gasteiger partial charge in [0, 0.05) is 11.8 Å². The number of fused-ring (bicyclic) bond motifs is 2. The third kappa shape index (κ3) is 1.84. The first-order chi connectivity index (χ1) is 10.2. The van der Waals surface area contributed by atoms with Crippen LogP contribution < -0.4 is 5.73 Å². The van der Waals surface area contributed by atoms with Gasteiger partial charge >= 0.3 is 0 Å². The second-order valence-electron chi connectivity index (χ2n) is 4.97. The standard InChI is InChI=1S/C17H12FN3/c18-13-6-8-15-16(10-13)21(17(19)20-15)14-7-5-11-3-1-2-4-12(11)9-14/h1-10H,(H2,19,20). The Kier molecular flexibility index (Phi) is 2.44. The van der Waals surface area contributed by atoms with Gasteiger partial charge in [0.2, 0.25) is 5.95 Å². The lowest BCUT2D eigenvalue weighted by Crippen LogP contribution is -2.00. The molecule has 3 nitrogen and oxygen atoms in total. The number of nitrogen functional groups attached to an aromatic ring is 1. The summed E-state index contributed by atoms with van der Waals surface area (Å²) in [5, 5.41) is 2.25. The minimum Gasteiger partial charge on any atom is -0.369 e. The number of aromatic nitrogens is 2. The first-order valence-corrected chi connectivity index (χ1v) is 6.65. The van der Waals surface area contributed by atoms with E-state index < -0.39 is 0 Å². The summed E-state index contributed by atoms with van der Waals surface area (Å²) >= 11 is 0. The zero-order valence-corrected chi connectivity index (χ0v) is 11.1. The molecule has 4 heteroatoms. The summed E-state index contributed by atoms with van der Waals surface area (Å²) in [4.78, 5) is 4.28. The Morgan fingerprint density at radius 1 is 0.905 bits per heavy atom. The summed E-state index contributed by atoms with van der Waals surface area (Å²) in [5.41, 5.74) is 8.23. The van der Waals surface area contributed by atoms with Gasteiger partial charge in [0.1, 0.15) is 5.82 Å². The fraction of sp³-hybridized carbons (Fsp3) is 0. The van der Waals surface area contributed by atoms with E-state index in [4.69, 9.17) is 5.73 Å². The second-order valence-corrected chi connectivity index (χ2v) is 4.97. The highest BCUT2D eigenvalue weighted by molar-refractivity contribution is 5.87. The molecule has 0 aliphatic heterocycles. The highest BCUT2D eigenvalue weighted by Gasteiger charge is 2.11. The van der Waals surface area contributed by atoms with Crippen molar-refractivity contribution in [1.82, 2.24) is 9.55 Å². The fourth-order valence-corrected chi connectivity index (χ4v) is 2.65. The zero-order chi connectivity index (χ0) is 14.4. The van der Waals surface area contributed by atoms with E-state index in [0.29, 0.717) is 17.0 Å². The normalized spacial score (nSPS) is 11.3. The Bertz CT molecular complexity index is 972. The van der Waals surface area contributed by atoms with E-state index in [2.05, 4.69) is 4.98 Å². The van der Waals surface area contributed by atoms with Crippen LogP contribution in [0.2, 0.25) is 0 Å². The summed E-state index contributed by atoms with van der Waals surface area (Å²) in [6.45, 7) is 0. The Morgan fingerprint density at radius 2 is 1.71 bits per heavy atom. The molecule has 0 bridgehead atoms. The van der Waals surface area contributed by atoms with E-state index in [1.807, 2.05) is 42.5 Å². The van der Waals surface area contributed by atoms with Gasteiger partial charge in [0.05, 0.1) is 11.0 Å². The number of imidazole rings is 1. The van der Waals surface area contributed by atoms with Gasteiger partial charge in [0.15, 0.2) is 0 Å². The number of halogens is 1. The van der Waals surface area contributed by atoms with Gasteiger partial charge in [-0.1, -0.05) is 30.3 Å². The van der Waals surface area contributed by atoms with Crippen molar-refractivity contribution >= 4 is 27.8 Å². The van der Waals surface area contributed by atoms with Crippen LogP contribution in [0.15, 0.2) is 60.7 Å². The number of nitrogens with two attached hydrogens (primary N) is 1. The number of rotatable bonds is 1. The first-order valence-electron chi connectivity index (χ1n) is 6.65. The second kappa shape index (κ2) is 4.31. The minimum atomic E-state index is -0.301. The van der Waals surface area contributed by atoms with Crippen LogP contribution in [-0.2, 0) is 0 Å². The number of hydrogen-bond acceptors (Lipinski definition) is 2. The Balaban J connectivity index is 2.03. The highest BCUT2D eigenvalue weighted by atomic mass is 19.1. The highest BCUT2D eigenvalue weighted by Crippen LogP contribution is 2.26. The molecule has 0 aliphatic rings. The molecule has 0 amide bonds. The van der Waals surface area contributed by atoms with Gasteiger partial charge < -0.3 is 5.73 Å². The van der Waals surface area contributed by atoms with Crippen molar-refractivity contribution in [2.24, 2.45) is 0 Å². The third-order valence-electron chi connectivity index (χ3n) is 3.63. The molecule has 4 rings (SSSR count). The molecule has 0 atom stereocenters. The molecule has 1 heterocycles. The third-order valence-corrected chi connectivity index (χ3v) is 3.63. The Hall–Kier alpha value is -2.88. The van der Waals surface area contributed by atoms with Gasteiger partial charge in [0.25, 0.3) is 0 Å². The summed E-state index contributed by atoms with van der Waals surface area (Å²) in [6.07, 6.45) is 0. The molecule has 0 aliphatic carbocycles. The number of benzene rings is 3. The maximum atomic E-state index is 13.5. The van der Waals surface area contributed by atoms with Gasteiger partial charge in [-0.2, -0.15) is 0 Å². The maximum absolute atomic E-state index is 13.5. The molecule has 3 aromatic carbocycles. The van der Waals surface area contributed by atoms with Crippen molar-refractivity contribution in [3.63, 3.8) is 0 Å². The zero-order valence-electron chi connectivity index (χ0n) is 11.1. The molecule has 0 spiro atoms. The topological polar surface area (TPSA) is 43.8 Å². The summed E-state index contributed by atoms with van der Waals surface area (Å²) < 4.78 is 15.3. The molecular weight excluding hydrogens is 265 g/mol. The lowest BCUT2D eigenvalue weighted by atomic mass is 10.1.